The van der Waals surface area contributed by atoms with Crippen LogP contribution in [0.2, 0.25) is 0 Å². The topological polar surface area (TPSA) is 116 Å². The maximum atomic E-state index is 14.2. The number of benzene rings is 7. The van der Waals surface area contributed by atoms with Crippen LogP contribution in [0.4, 0.5) is 11.4 Å². The van der Waals surface area contributed by atoms with E-state index >= 15 is 0 Å². The first-order chi connectivity index (χ1) is 36.1. The van der Waals surface area contributed by atoms with Gasteiger partial charge in [-0.3, -0.25) is 19.2 Å². The molecule has 0 unspecified atom stereocenters. The normalized spacial score (nSPS) is 18.5. The summed E-state index contributed by atoms with van der Waals surface area (Å²) in [5.74, 6) is 0.437. The summed E-state index contributed by atoms with van der Waals surface area (Å²) in [4.78, 5) is 55.7. The van der Waals surface area contributed by atoms with Gasteiger partial charge in [-0.25, -0.2) is 0 Å². The van der Waals surface area contributed by atoms with Gasteiger partial charge in [0.15, 0.2) is 0 Å². The fourth-order valence-electron chi connectivity index (χ4n) is 11.9. The minimum absolute atomic E-state index is 0.0478. The lowest BCUT2D eigenvalue weighted by atomic mass is 9.76. The van der Waals surface area contributed by atoms with Gasteiger partial charge in [0.05, 0.1) is 23.5 Å². The van der Waals surface area contributed by atoms with E-state index in [0.717, 1.165) is 132 Å². The van der Waals surface area contributed by atoms with Crippen LogP contribution in [0.15, 0.2) is 146 Å². The molecule has 4 N–H and O–H groups in total. The molecule has 8 nitrogen and oxygen atoms in total. The van der Waals surface area contributed by atoms with Crippen LogP contribution < -0.4 is 21.3 Å². The standard InChI is InChI=1S/C66H74N4O4/c1-5-7-31-59(71)69-63-57(55-29-17-25-49-23-15-27-53(61(49)55)47-33-37-51(38-34-47)65(73)67-43(3)45-19-11-9-12-20-45)41-42-58(64(63)70-60(72)32-8-6-2)56-30-18-26-50-24-16-28-54(62(50)56)48-35-39-52(40-36-48)66(74)68-44(4)46-21-13-10-14-22-46/h9-30,41-44,47-48,51-52H,5-8,31-40H2,1-4H3,(H,67,73)(H,68,74)(H,69,71)(H,70,72)/t43-,44-,47?,48?,51?,52?/m1/s1. The SMILES string of the molecule is CCCCC(=O)Nc1c(-c2cccc3cccc(C4CCC(C(=O)N[C@H](C)c5ccccc5)CC4)c23)ccc(-c2cccc3cccc(C4CCC(C(=O)N[C@H](C)c5ccccc5)CC4)c23)c1NC(=O)CCCC. The summed E-state index contributed by atoms with van der Waals surface area (Å²) in [6.45, 7) is 8.28. The Morgan fingerprint density at radius 3 is 1.16 bits per heavy atom. The monoisotopic (exact) mass is 987 g/mol. The van der Waals surface area contributed by atoms with Crippen molar-refractivity contribution in [1.29, 1.82) is 0 Å². The number of carbonyl (C=O) groups excluding carboxylic acids is 4. The minimum atomic E-state index is -0.0921. The highest BCUT2D eigenvalue weighted by molar-refractivity contribution is 6.14. The van der Waals surface area contributed by atoms with Crippen LogP contribution in [0.25, 0.3) is 43.8 Å². The summed E-state index contributed by atoms with van der Waals surface area (Å²) < 4.78 is 0. The maximum absolute atomic E-state index is 14.2. The number of unbranched alkanes of at least 4 members (excludes halogenated alkanes) is 2. The van der Waals surface area contributed by atoms with Gasteiger partial charge in [-0.15, -0.1) is 0 Å². The Hall–Kier alpha value is -7.06. The molecule has 2 aliphatic carbocycles. The molecule has 0 bridgehead atoms. The van der Waals surface area contributed by atoms with Gasteiger partial charge in [0.1, 0.15) is 0 Å². The van der Waals surface area contributed by atoms with Crippen molar-refractivity contribution in [3.05, 3.63) is 168 Å². The Balaban J connectivity index is 1.09. The summed E-state index contributed by atoms with van der Waals surface area (Å²) in [6.07, 6.45) is 10.7. The second-order valence-electron chi connectivity index (χ2n) is 21.1. The molecule has 0 saturated heterocycles. The lowest BCUT2D eigenvalue weighted by Gasteiger charge is -2.31. The highest BCUT2D eigenvalue weighted by atomic mass is 16.2. The van der Waals surface area contributed by atoms with Gasteiger partial charge >= 0.3 is 0 Å². The molecule has 0 aromatic heterocycles. The van der Waals surface area contributed by atoms with E-state index in [1.807, 2.05) is 36.4 Å². The van der Waals surface area contributed by atoms with E-state index in [4.69, 9.17) is 0 Å². The summed E-state index contributed by atoms with van der Waals surface area (Å²) in [7, 11) is 0. The molecule has 0 spiro atoms. The molecule has 8 heteroatoms. The Morgan fingerprint density at radius 1 is 0.432 bits per heavy atom. The number of fused-ring (bicyclic) bond motifs is 2. The van der Waals surface area contributed by atoms with Crippen molar-refractivity contribution >= 4 is 56.5 Å². The Morgan fingerprint density at radius 2 is 0.797 bits per heavy atom. The molecule has 382 valence electrons. The summed E-state index contributed by atoms with van der Waals surface area (Å²) in [5, 5.41) is 17.9. The molecule has 9 rings (SSSR count). The van der Waals surface area contributed by atoms with Crippen molar-refractivity contribution in [2.45, 2.75) is 142 Å². The first kappa shape index (κ1) is 51.8. The number of hydrogen-bond donors (Lipinski definition) is 4. The Kier molecular flexibility index (Phi) is 17.0. The lowest BCUT2D eigenvalue weighted by molar-refractivity contribution is -0.127. The predicted octanol–water partition coefficient (Wildman–Crippen LogP) is 15.9. The predicted molar refractivity (Wildman–Crippen MR) is 304 cm³/mol. The fraction of sp³-hybridized carbons (Fsp3) is 0.364. The van der Waals surface area contributed by atoms with Gasteiger partial charge in [-0.05, 0) is 145 Å². The van der Waals surface area contributed by atoms with Crippen LogP contribution in [0, 0.1) is 11.8 Å². The zero-order valence-electron chi connectivity index (χ0n) is 43.9. The van der Waals surface area contributed by atoms with E-state index in [2.05, 4.69) is 158 Å². The van der Waals surface area contributed by atoms with Gasteiger partial charge in [0.25, 0.3) is 0 Å². The van der Waals surface area contributed by atoms with E-state index in [9.17, 15) is 19.2 Å². The highest BCUT2D eigenvalue weighted by Gasteiger charge is 2.32. The van der Waals surface area contributed by atoms with Crippen molar-refractivity contribution in [2.75, 3.05) is 10.6 Å². The number of amides is 4. The van der Waals surface area contributed by atoms with Crippen LogP contribution in [0.3, 0.4) is 0 Å². The van der Waals surface area contributed by atoms with Crippen LogP contribution >= 0.6 is 0 Å². The van der Waals surface area contributed by atoms with Crippen molar-refractivity contribution in [3.63, 3.8) is 0 Å². The minimum Gasteiger partial charge on any atom is -0.349 e. The molecular formula is C66H74N4O4. The van der Waals surface area contributed by atoms with E-state index in [1.54, 1.807) is 0 Å². The van der Waals surface area contributed by atoms with E-state index < -0.39 is 0 Å². The largest absolute Gasteiger partial charge is 0.349 e. The average molecular weight is 987 g/mol. The molecule has 7 aromatic carbocycles. The van der Waals surface area contributed by atoms with Crippen molar-refractivity contribution in [1.82, 2.24) is 10.6 Å². The molecule has 2 atom stereocenters. The zero-order valence-corrected chi connectivity index (χ0v) is 43.9. The Bertz CT molecular complexity index is 2860. The third-order valence-corrected chi connectivity index (χ3v) is 16.1. The van der Waals surface area contributed by atoms with Crippen LogP contribution in [-0.2, 0) is 19.2 Å². The van der Waals surface area contributed by atoms with Gasteiger partial charge in [-0.2, -0.15) is 0 Å². The zero-order chi connectivity index (χ0) is 51.6. The number of rotatable bonds is 18. The van der Waals surface area contributed by atoms with Gasteiger partial charge in [0.2, 0.25) is 23.6 Å². The summed E-state index contributed by atoms with van der Waals surface area (Å²) >= 11 is 0. The second-order valence-corrected chi connectivity index (χ2v) is 21.1. The van der Waals surface area contributed by atoms with Gasteiger partial charge in [0, 0.05) is 35.8 Å². The molecule has 0 heterocycles. The van der Waals surface area contributed by atoms with Gasteiger partial charge < -0.3 is 21.3 Å². The van der Waals surface area contributed by atoms with Crippen molar-refractivity contribution in [2.24, 2.45) is 11.8 Å². The third-order valence-electron chi connectivity index (χ3n) is 16.1. The van der Waals surface area contributed by atoms with Gasteiger partial charge in [-0.1, -0.05) is 172 Å². The van der Waals surface area contributed by atoms with E-state index in [1.165, 1.54) is 11.1 Å². The summed E-state index contributed by atoms with van der Waals surface area (Å²) in [5.41, 5.74) is 9.59. The number of nitrogens with one attached hydrogen (secondary N) is 4. The van der Waals surface area contributed by atoms with Crippen molar-refractivity contribution < 1.29 is 19.2 Å². The molecule has 2 fully saturated rings. The van der Waals surface area contributed by atoms with Crippen molar-refractivity contribution in [3.8, 4) is 22.3 Å². The highest BCUT2D eigenvalue weighted by Crippen LogP contribution is 2.49. The van der Waals surface area contributed by atoms with E-state index in [0.29, 0.717) is 24.2 Å². The fourth-order valence-corrected chi connectivity index (χ4v) is 11.9. The maximum Gasteiger partial charge on any atom is 0.224 e. The second kappa shape index (κ2) is 24.3. The molecule has 4 amide bonds. The average Bonchev–Trinajstić information content (AvgIpc) is 3.45. The molecule has 0 radical (unpaired) electrons. The third kappa shape index (κ3) is 11.8. The number of carbonyl (C=O) groups is 4. The van der Waals surface area contributed by atoms with Crippen LogP contribution in [-0.4, -0.2) is 23.6 Å². The molecule has 2 aliphatic rings. The molecule has 0 aliphatic heterocycles. The van der Waals surface area contributed by atoms with Crippen LogP contribution in [0.1, 0.15) is 164 Å². The lowest BCUT2D eigenvalue weighted by Crippen LogP contribution is -2.34. The number of anilines is 2. The first-order valence-corrected chi connectivity index (χ1v) is 27.6. The smallest absolute Gasteiger partial charge is 0.224 e. The first-order valence-electron chi connectivity index (χ1n) is 27.6. The molecule has 74 heavy (non-hydrogen) atoms. The van der Waals surface area contributed by atoms with E-state index in [-0.39, 0.29) is 59.4 Å². The number of hydrogen-bond acceptors (Lipinski definition) is 4. The summed E-state index contributed by atoms with van der Waals surface area (Å²) in [6, 6.07) is 50.4. The van der Waals surface area contributed by atoms with Crippen LogP contribution in [0.5, 0.6) is 0 Å². The quantitative estimate of drug-likeness (QED) is 0.0685. The molecular weight excluding hydrogens is 913 g/mol. The molecule has 7 aromatic rings. The Labute approximate surface area is 438 Å². The molecule has 2 saturated carbocycles.